The second-order valence-corrected chi connectivity index (χ2v) is 4.66. The number of nitrogens with two attached hydrogens (primary N) is 1. The van der Waals surface area contributed by atoms with E-state index in [1.807, 2.05) is 42.5 Å². The van der Waals surface area contributed by atoms with Crippen LogP contribution >= 0.6 is 11.3 Å². The fourth-order valence-electron chi connectivity index (χ4n) is 1.89. The van der Waals surface area contributed by atoms with E-state index in [0.717, 1.165) is 16.0 Å². The molecule has 0 radical (unpaired) electrons. The number of para-hydroxylation sites is 2. The van der Waals surface area contributed by atoms with E-state index in [2.05, 4.69) is 21.8 Å². The number of hydrogen-bond acceptors (Lipinski definition) is 3. The summed E-state index contributed by atoms with van der Waals surface area (Å²) in [5.74, 6) is 5.47. The maximum atomic E-state index is 5.47. The number of aromatic nitrogens is 1. The Kier molecular flexibility index (Phi) is 3.69. The molecule has 0 atom stereocenters. The number of rotatable bonds is 1. The summed E-state index contributed by atoms with van der Waals surface area (Å²) in [6, 6.07) is 18.3. The maximum absolute atomic E-state index is 5.47. The molecule has 18 heavy (non-hydrogen) atoms. The fourth-order valence-corrected chi connectivity index (χ4v) is 2.84. The van der Waals surface area contributed by atoms with Crippen LogP contribution in [0.1, 0.15) is 0 Å². The van der Waals surface area contributed by atoms with Crippen molar-refractivity contribution in [1.82, 2.24) is 4.57 Å². The first-order chi connectivity index (χ1) is 8.40. The van der Waals surface area contributed by atoms with Gasteiger partial charge in [0, 0.05) is 5.69 Å². The first kappa shape index (κ1) is 12.7. The predicted octanol–water partition coefficient (Wildman–Crippen LogP) is -0.530. The van der Waals surface area contributed by atoms with Crippen molar-refractivity contribution in [2.75, 3.05) is 0 Å². The Morgan fingerprint density at radius 1 is 0.944 bits per heavy atom. The lowest BCUT2D eigenvalue weighted by molar-refractivity contribution is -0.00000336. The van der Waals surface area contributed by atoms with Crippen LogP contribution < -0.4 is 23.1 Å². The van der Waals surface area contributed by atoms with Crippen molar-refractivity contribution >= 4 is 21.6 Å². The molecule has 92 valence electrons. The standard InChI is InChI=1S/C13H11N3S.ClH/c14-15-13-16(10-6-2-1-3-7-10)11-8-4-5-9-12(11)17-13;/h1-9H,14H2;1H/p-1. The van der Waals surface area contributed by atoms with Crippen molar-refractivity contribution in [1.29, 1.82) is 0 Å². The Balaban J connectivity index is 0.00000120. The zero-order chi connectivity index (χ0) is 11.7. The van der Waals surface area contributed by atoms with Crippen molar-refractivity contribution < 1.29 is 12.4 Å². The molecule has 0 saturated carbocycles. The molecular weight excluding hydrogens is 266 g/mol. The minimum Gasteiger partial charge on any atom is -1.00 e. The highest BCUT2D eigenvalue weighted by Crippen LogP contribution is 2.20. The Morgan fingerprint density at radius 3 is 2.33 bits per heavy atom. The Bertz CT molecular complexity index is 716. The maximum Gasteiger partial charge on any atom is 0.213 e. The van der Waals surface area contributed by atoms with Crippen molar-refractivity contribution in [2.24, 2.45) is 10.9 Å². The highest BCUT2D eigenvalue weighted by atomic mass is 35.5. The molecule has 1 aromatic heterocycles. The highest BCUT2D eigenvalue weighted by Gasteiger charge is 2.06. The summed E-state index contributed by atoms with van der Waals surface area (Å²) in [6.45, 7) is 0. The van der Waals surface area contributed by atoms with Gasteiger partial charge in [-0.2, -0.15) is 5.10 Å². The van der Waals surface area contributed by atoms with Crippen LogP contribution in [0.15, 0.2) is 59.7 Å². The minimum atomic E-state index is 0. The van der Waals surface area contributed by atoms with Crippen LogP contribution in [0.25, 0.3) is 15.9 Å². The molecule has 3 nitrogen and oxygen atoms in total. The molecule has 0 saturated heterocycles. The predicted molar refractivity (Wildman–Crippen MR) is 70.9 cm³/mol. The van der Waals surface area contributed by atoms with Gasteiger partial charge in [-0.1, -0.05) is 41.7 Å². The number of fused-ring (bicyclic) bond motifs is 1. The lowest BCUT2D eigenvalue weighted by Crippen LogP contribution is -3.00. The van der Waals surface area contributed by atoms with Crippen molar-refractivity contribution in [3.8, 4) is 5.69 Å². The second-order valence-electron chi connectivity index (χ2n) is 3.65. The Hall–Kier alpha value is -1.78. The van der Waals surface area contributed by atoms with Gasteiger partial charge in [0.25, 0.3) is 0 Å². The third-order valence-electron chi connectivity index (χ3n) is 2.62. The normalized spacial score (nSPS) is 11.4. The molecule has 3 rings (SSSR count). The van der Waals surface area contributed by atoms with Crippen LogP contribution in [0.2, 0.25) is 0 Å². The summed E-state index contributed by atoms with van der Waals surface area (Å²) in [5.41, 5.74) is 2.21. The third kappa shape index (κ3) is 2.00. The molecule has 0 bridgehead atoms. The summed E-state index contributed by atoms with van der Waals surface area (Å²) < 4.78 is 3.25. The number of halogens is 1. The number of benzene rings is 2. The van der Waals surface area contributed by atoms with Gasteiger partial charge in [0.2, 0.25) is 4.80 Å². The van der Waals surface area contributed by atoms with E-state index in [4.69, 9.17) is 5.84 Å². The molecule has 0 amide bonds. The highest BCUT2D eigenvalue weighted by molar-refractivity contribution is 7.16. The van der Waals surface area contributed by atoms with Gasteiger partial charge >= 0.3 is 0 Å². The zero-order valence-corrected chi connectivity index (χ0v) is 11.0. The van der Waals surface area contributed by atoms with Gasteiger partial charge in [-0.3, -0.25) is 4.57 Å². The van der Waals surface area contributed by atoms with E-state index in [1.165, 1.54) is 4.70 Å². The van der Waals surface area contributed by atoms with Gasteiger partial charge in [0.15, 0.2) is 0 Å². The largest absolute Gasteiger partial charge is 1.00 e. The van der Waals surface area contributed by atoms with Crippen LogP contribution in [0.5, 0.6) is 0 Å². The van der Waals surface area contributed by atoms with Crippen LogP contribution in [0, 0.1) is 0 Å². The van der Waals surface area contributed by atoms with E-state index in [1.54, 1.807) is 11.3 Å². The molecule has 0 unspecified atom stereocenters. The van der Waals surface area contributed by atoms with Gasteiger partial charge in [-0.15, -0.1) is 0 Å². The van der Waals surface area contributed by atoms with Gasteiger partial charge < -0.3 is 18.2 Å². The molecule has 0 aliphatic rings. The molecule has 1 heterocycles. The topological polar surface area (TPSA) is 43.3 Å². The molecule has 0 spiro atoms. The fraction of sp³-hybridized carbons (Fsp3) is 0. The van der Waals surface area contributed by atoms with Crippen molar-refractivity contribution in [3.05, 3.63) is 59.4 Å². The van der Waals surface area contributed by atoms with Crippen molar-refractivity contribution in [3.63, 3.8) is 0 Å². The first-order valence-corrected chi connectivity index (χ1v) is 6.12. The summed E-state index contributed by atoms with van der Waals surface area (Å²) >= 11 is 1.59. The number of nitrogens with zero attached hydrogens (tertiary/aromatic N) is 2. The quantitative estimate of drug-likeness (QED) is 0.471. The molecule has 2 aromatic carbocycles. The monoisotopic (exact) mass is 276 g/mol. The summed E-state index contributed by atoms with van der Waals surface area (Å²) in [7, 11) is 0. The first-order valence-electron chi connectivity index (χ1n) is 5.30. The number of hydrogen-bond donors (Lipinski definition) is 1. The third-order valence-corrected chi connectivity index (χ3v) is 3.66. The van der Waals surface area contributed by atoms with E-state index in [0.29, 0.717) is 0 Å². The van der Waals surface area contributed by atoms with E-state index in [-0.39, 0.29) is 12.4 Å². The van der Waals surface area contributed by atoms with Gasteiger partial charge in [0.05, 0.1) is 10.2 Å². The minimum absolute atomic E-state index is 0. The smallest absolute Gasteiger partial charge is 0.213 e. The summed E-state index contributed by atoms with van der Waals surface area (Å²) in [6.07, 6.45) is 0. The van der Waals surface area contributed by atoms with E-state index >= 15 is 0 Å². The molecule has 2 N–H and O–H groups in total. The molecule has 5 heteroatoms. The van der Waals surface area contributed by atoms with E-state index in [9.17, 15) is 0 Å². The van der Waals surface area contributed by atoms with Crippen LogP contribution in [0.3, 0.4) is 0 Å². The number of thiazole rings is 1. The van der Waals surface area contributed by atoms with Crippen LogP contribution in [-0.2, 0) is 0 Å². The molecule has 0 aliphatic heterocycles. The van der Waals surface area contributed by atoms with Crippen LogP contribution in [-0.4, -0.2) is 4.57 Å². The van der Waals surface area contributed by atoms with E-state index < -0.39 is 0 Å². The molecular formula is C13H11ClN3S-. The summed E-state index contributed by atoms with van der Waals surface area (Å²) in [4.78, 5) is 0.803. The SMILES string of the molecule is NN=c1sc2ccccc2n1-c1ccccc1.[Cl-]. The van der Waals surface area contributed by atoms with Gasteiger partial charge in [-0.05, 0) is 24.3 Å². The average Bonchev–Trinajstić information content (AvgIpc) is 2.78. The summed E-state index contributed by atoms with van der Waals surface area (Å²) in [5, 5.41) is 3.87. The average molecular weight is 277 g/mol. The molecule has 0 aliphatic carbocycles. The Morgan fingerprint density at radius 2 is 1.61 bits per heavy atom. The Labute approximate surface area is 115 Å². The van der Waals surface area contributed by atoms with Crippen LogP contribution in [0.4, 0.5) is 0 Å². The lowest BCUT2D eigenvalue weighted by atomic mass is 10.3. The molecule has 3 aromatic rings. The van der Waals surface area contributed by atoms with Crippen molar-refractivity contribution in [2.45, 2.75) is 0 Å². The lowest BCUT2D eigenvalue weighted by Gasteiger charge is -2.03. The molecule has 0 fully saturated rings. The van der Waals surface area contributed by atoms with Gasteiger partial charge in [0.1, 0.15) is 0 Å². The van der Waals surface area contributed by atoms with Gasteiger partial charge in [-0.25, -0.2) is 0 Å². The zero-order valence-electron chi connectivity index (χ0n) is 9.45. The second kappa shape index (κ2) is 5.25.